The van der Waals surface area contributed by atoms with Crippen LogP contribution in [0.4, 0.5) is 5.69 Å². The van der Waals surface area contributed by atoms with Crippen LogP contribution in [0.2, 0.25) is 0 Å². The molecule has 1 N–H and O–H groups in total. The summed E-state index contributed by atoms with van der Waals surface area (Å²) in [5.41, 5.74) is 0.288. The Balaban J connectivity index is 1.84. The fourth-order valence-electron chi connectivity index (χ4n) is 3.06. The first-order valence-corrected chi connectivity index (χ1v) is 10.8. The van der Waals surface area contributed by atoms with Gasteiger partial charge in [-0.3, -0.25) is 14.5 Å². The molecule has 2 aliphatic rings. The summed E-state index contributed by atoms with van der Waals surface area (Å²) < 4.78 is 37.8. The van der Waals surface area contributed by atoms with Gasteiger partial charge >= 0.3 is 0 Å². The summed E-state index contributed by atoms with van der Waals surface area (Å²) in [4.78, 5) is 25.8. The van der Waals surface area contributed by atoms with E-state index in [1.54, 1.807) is 0 Å². The average Bonchev–Trinajstić information content (AvgIpc) is 2.70. The number of fused-ring (bicyclic) bond motifs is 1. The van der Waals surface area contributed by atoms with Gasteiger partial charge in [0.15, 0.2) is 6.61 Å². The quantitative estimate of drug-likeness (QED) is 0.649. The largest absolute Gasteiger partial charge is 0.482 e. The predicted molar refractivity (Wildman–Crippen MR) is 102 cm³/mol. The van der Waals surface area contributed by atoms with E-state index in [-0.39, 0.29) is 48.6 Å². The Morgan fingerprint density at radius 1 is 1.25 bits per heavy atom. The highest BCUT2D eigenvalue weighted by molar-refractivity contribution is 7.89. The number of anilines is 1. The first-order chi connectivity index (χ1) is 13.4. The van der Waals surface area contributed by atoms with Crippen molar-refractivity contribution in [1.29, 1.82) is 0 Å². The second-order valence-electron chi connectivity index (χ2n) is 6.62. The second kappa shape index (κ2) is 8.89. The highest BCUT2D eigenvalue weighted by Crippen LogP contribution is 2.35. The summed E-state index contributed by atoms with van der Waals surface area (Å²) >= 11 is 0. The third-order valence-electron chi connectivity index (χ3n) is 4.64. The Bertz CT molecular complexity index is 836. The van der Waals surface area contributed by atoms with Crippen molar-refractivity contribution in [1.82, 2.24) is 9.62 Å². The molecule has 1 aromatic carbocycles. The summed E-state index contributed by atoms with van der Waals surface area (Å²) in [5.74, 6) is -0.308. The Kier molecular flexibility index (Phi) is 6.53. The molecule has 1 aromatic rings. The van der Waals surface area contributed by atoms with Gasteiger partial charge in [-0.15, -0.1) is 0 Å². The number of sulfonamides is 1. The van der Waals surface area contributed by atoms with Gasteiger partial charge in [-0.1, -0.05) is 13.3 Å². The molecule has 2 amide bonds. The Morgan fingerprint density at radius 2 is 2.00 bits per heavy atom. The molecule has 1 saturated heterocycles. The van der Waals surface area contributed by atoms with Crippen molar-refractivity contribution < 1.29 is 27.5 Å². The monoisotopic (exact) mass is 411 g/mol. The topological polar surface area (TPSA) is 105 Å². The SMILES string of the molecule is CCCCNC(=O)CN1C(=O)COc2ccc(S(=O)(=O)N3CCOCC3)cc21. The molecule has 3 rings (SSSR count). The number of hydrogen-bond acceptors (Lipinski definition) is 6. The number of amides is 2. The maximum atomic E-state index is 12.9. The number of benzene rings is 1. The predicted octanol–water partition coefficient (Wildman–Crippen LogP) is 0.349. The van der Waals surface area contributed by atoms with Crippen LogP contribution in [0.3, 0.4) is 0 Å². The summed E-state index contributed by atoms with van der Waals surface area (Å²) in [6, 6.07) is 4.38. The number of rotatable bonds is 7. The normalized spacial score (nSPS) is 17.8. The van der Waals surface area contributed by atoms with E-state index < -0.39 is 10.0 Å². The molecule has 0 aliphatic carbocycles. The molecule has 154 valence electrons. The van der Waals surface area contributed by atoms with Crippen LogP contribution in [0.1, 0.15) is 19.8 Å². The maximum absolute atomic E-state index is 12.9. The van der Waals surface area contributed by atoms with Gasteiger partial charge in [0.1, 0.15) is 12.3 Å². The zero-order chi connectivity index (χ0) is 20.1. The zero-order valence-electron chi connectivity index (χ0n) is 15.8. The smallest absolute Gasteiger partial charge is 0.265 e. The first kappa shape index (κ1) is 20.6. The van der Waals surface area contributed by atoms with E-state index in [0.717, 1.165) is 12.8 Å². The van der Waals surface area contributed by atoms with Gasteiger partial charge in [-0.05, 0) is 24.6 Å². The Morgan fingerprint density at radius 3 is 2.71 bits per heavy atom. The minimum atomic E-state index is -3.72. The van der Waals surface area contributed by atoms with Gasteiger partial charge in [0.2, 0.25) is 15.9 Å². The molecule has 0 radical (unpaired) electrons. The van der Waals surface area contributed by atoms with E-state index in [1.807, 2.05) is 6.92 Å². The first-order valence-electron chi connectivity index (χ1n) is 9.35. The minimum Gasteiger partial charge on any atom is -0.482 e. The molecule has 9 nitrogen and oxygen atoms in total. The molecule has 0 spiro atoms. The fourth-order valence-corrected chi connectivity index (χ4v) is 4.48. The Labute approximate surface area is 164 Å². The molecule has 0 unspecified atom stereocenters. The lowest BCUT2D eigenvalue weighted by molar-refractivity contribution is -0.125. The lowest BCUT2D eigenvalue weighted by Gasteiger charge is -2.30. The number of nitrogens with one attached hydrogen (secondary N) is 1. The van der Waals surface area contributed by atoms with Crippen LogP contribution in [0.25, 0.3) is 0 Å². The molecule has 10 heteroatoms. The van der Waals surface area contributed by atoms with E-state index in [4.69, 9.17) is 9.47 Å². The molecule has 0 aromatic heterocycles. The van der Waals surface area contributed by atoms with Gasteiger partial charge in [0, 0.05) is 19.6 Å². The van der Waals surface area contributed by atoms with Crippen LogP contribution in [0, 0.1) is 0 Å². The van der Waals surface area contributed by atoms with E-state index >= 15 is 0 Å². The van der Waals surface area contributed by atoms with Gasteiger partial charge < -0.3 is 14.8 Å². The van der Waals surface area contributed by atoms with Crippen LogP contribution in [-0.2, 0) is 24.3 Å². The van der Waals surface area contributed by atoms with Crippen molar-refractivity contribution >= 4 is 27.5 Å². The summed E-state index contributed by atoms with van der Waals surface area (Å²) in [6.45, 7) is 3.42. The Hall–Kier alpha value is -2.17. The number of nitrogens with zero attached hydrogens (tertiary/aromatic N) is 2. The van der Waals surface area contributed by atoms with Crippen molar-refractivity contribution in [3.63, 3.8) is 0 Å². The van der Waals surface area contributed by atoms with Crippen LogP contribution < -0.4 is 15.0 Å². The van der Waals surface area contributed by atoms with Gasteiger partial charge in [-0.2, -0.15) is 4.31 Å². The molecule has 2 aliphatic heterocycles. The maximum Gasteiger partial charge on any atom is 0.265 e. The highest BCUT2D eigenvalue weighted by Gasteiger charge is 2.31. The number of carbonyl (C=O) groups excluding carboxylic acids is 2. The lowest BCUT2D eigenvalue weighted by atomic mass is 10.2. The fraction of sp³-hybridized carbons (Fsp3) is 0.556. The standard InChI is InChI=1S/C18H25N3O6S/c1-2-3-6-19-17(22)12-21-15-11-14(4-5-16(15)27-13-18(21)23)28(24,25)20-7-9-26-10-8-20/h4-5,11H,2-3,6-10,12-13H2,1H3,(H,19,22). The van der Waals surface area contributed by atoms with Gasteiger partial charge in [0.05, 0.1) is 23.8 Å². The van der Waals surface area contributed by atoms with Crippen LogP contribution in [0.5, 0.6) is 5.75 Å². The average molecular weight is 411 g/mol. The number of morpholine rings is 1. The second-order valence-corrected chi connectivity index (χ2v) is 8.56. The molecule has 2 heterocycles. The zero-order valence-corrected chi connectivity index (χ0v) is 16.7. The molecule has 0 atom stereocenters. The number of hydrogen-bond donors (Lipinski definition) is 1. The van der Waals surface area contributed by atoms with Gasteiger partial charge in [0.25, 0.3) is 5.91 Å². The van der Waals surface area contributed by atoms with Crippen molar-refractivity contribution in [2.45, 2.75) is 24.7 Å². The van der Waals surface area contributed by atoms with Crippen LogP contribution in [0.15, 0.2) is 23.1 Å². The van der Waals surface area contributed by atoms with Crippen molar-refractivity contribution in [3.8, 4) is 5.75 Å². The van der Waals surface area contributed by atoms with Crippen LogP contribution in [-0.4, -0.2) is 70.5 Å². The van der Waals surface area contributed by atoms with E-state index in [9.17, 15) is 18.0 Å². The highest BCUT2D eigenvalue weighted by atomic mass is 32.2. The van der Waals surface area contributed by atoms with Crippen molar-refractivity contribution in [2.24, 2.45) is 0 Å². The minimum absolute atomic E-state index is 0.0582. The molecule has 0 saturated carbocycles. The molecular formula is C18H25N3O6S. The third kappa shape index (κ3) is 4.45. The third-order valence-corrected chi connectivity index (χ3v) is 6.53. The summed E-state index contributed by atoms with van der Waals surface area (Å²) in [6.07, 6.45) is 1.80. The molecule has 28 heavy (non-hydrogen) atoms. The summed E-state index contributed by atoms with van der Waals surface area (Å²) in [7, 11) is -3.72. The van der Waals surface area contributed by atoms with E-state index in [0.29, 0.717) is 25.5 Å². The van der Waals surface area contributed by atoms with Crippen molar-refractivity contribution in [2.75, 3.05) is 50.9 Å². The molecular weight excluding hydrogens is 386 g/mol. The van der Waals surface area contributed by atoms with Crippen LogP contribution >= 0.6 is 0 Å². The van der Waals surface area contributed by atoms with Gasteiger partial charge in [-0.25, -0.2) is 8.42 Å². The molecule has 0 bridgehead atoms. The summed E-state index contributed by atoms with van der Waals surface area (Å²) in [5, 5.41) is 2.76. The number of unbranched alkanes of at least 4 members (excludes halogenated alkanes) is 1. The van der Waals surface area contributed by atoms with Crippen molar-refractivity contribution in [3.05, 3.63) is 18.2 Å². The van der Waals surface area contributed by atoms with E-state index in [1.165, 1.54) is 27.4 Å². The van der Waals surface area contributed by atoms with E-state index in [2.05, 4.69) is 5.32 Å². The molecule has 1 fully saturated rings. The lowest BCUT2D eigenvalue weighted by Crippen LogP contribution is -2.45. The number of ether oxygens (including phenoxy) is 2. The number of carbonyl (C=O) groups is 2.